The molecule has 4 aromatic rings. The summed E-state index contributed by atoms with van der Waals surface area (Å²) in [5.74, 6) is -0.483. The molecule has 5 nitrogen and oxygen atoms in total. The second kappa shape index (κ2) is 6.48. The van der Waals surface area contributed by atoms with Crippen LogP contribution < -0.4 is 5.48 Å². The van der Waals surface area contributed by atoms with E-state index < -0.39 is 5.91 Å². The van der Waals surface area contributed by atoms with Crippen LogP contribution in [-0.4, -0.2) is 20.7 Å². The first kappa shape index (κ1) is 16.1. The van der Waals surface area contributed by atoms with Gasteiger partial charge in [-0.25, -0.2) is 5.48 Å². The topological polar surface area (TPSA) is 67.2 Å². The standard InChI is InChI=1S/C18H14ClN3O2S/c19-17-6-5-12(25-17)10-22-15-4-2-1-3-13(15)14-7-11(8-18(23)21-24)20-9-16(14)22/h1-7,9,24H,8,10H2,(H,21,23). The quantitative estimate of drug-likeness (QED) is 0.421. The van der Waals surface area contributed by atoms with Gasteiger partial charge in [-0.3, -0.25) is 15.0 Å². The molecule has 25 heavy (non-hydrogen) atoms. The Morgan fingerprint density at radius 1 is 1.20 bits per heavy atom. The zero-order valence-corrected chi connectivity index (χ0v) is 14.6. The molecule has 7 heteroatoms. The highest BCUT2D eigenvalue weighted by atomic mass is 35.5. The van der Waals surface area contributed by atoms with E-state index in [4.69, 9.17) is 16.8 Å². The Bertz CT molecular complexity index is 1090. The van der Waals surface area contributed by atoms with Gasteiger partial charge < -0.3 is 4.57 Å². The first-order chi connectivity index (χ1) is 12.2. The molecule has 0 aliphatic rings. The van der Waals surface area contributed by atoms with Crippen molar-refractivity contribution >= 4 is 50.7 Å². The number of benzene rings is 1. The van der Waals surface area contributed by atoms with Gasteiger partial charge >= 0.3 is 0 Å². The van der Waals surface area contributed by atoms with Crippen molar-refractivity contribution in [3.05, 3.63) is 63.6 Å². The van der Waals surface area contributed by atoms with Gasteiger partial charge in [0.1, 0.15) is 0 Å². The van der Waals surface area contributed by atoms with Crippen LogP contribution in [-0.2, 0) is 17.8 Å². The zero-order chi connectivity index (χ0) is 17.4. The summed E-state index contributed by atoms with van der Waals surface area (Å²) in [6.07, 6.45) is 1.82. The Labute approximate surface area is 152 Å². The summed E-state index contributed by atoms with van der Waals surface area (Å²) >= 11 is 7.62. The number of nitrogens with zero attached hydrogens (tertiary/aromatic N) is 2. The van der Waals surface area contributed by atoms with E-state index in [2.05, 4.69) is 21.7 Å². The molecule has 0 spiro atoms. The van der Waals surface area contributed by atoms with Crippen molar-refractivity contribution in [2.24, 2.45) is 0 Å². The fraction of sp³-hybridized carbons (Fsp3) is 0.111. The number of hydrogen-bond acceptors (Lipinski definition) is 4. The lowest BCUT2D eigenvalue weighted by Gasteiger charge is -2.06. The second-order valence-corrected chi connectivity index (χ2v) is 7.51. The molecule has 2 N–H and O–H groups in total. The van der Waals surface area contributed by atoms with E-state index >= 15 is 0 Å². The molecule has 0 saturated carbocycles. The van der Waals surface area contributed by atoms with Crippen LogP contribution in [0.3, 0.4) is 0 Å². The third kappa shape index (κ3) is 3.00. The molecule has 0 saturated heterocycles. The first-order valence-electron chi connectivity index (χ1n) is 7.68. The van der Waals surface area contributed by atoms with Gasteiger partial charge in [-0.1, -0.05) is 29.8 Å². The molecule has 0 atom stereocenters. The van der Waals surface area contributed by atoms with Crippen molar-refractivity contribution in [2.75, 3.05) is 0 Å². The number of halogens is 1. The molecule has 0 fully saturated rings. The average molecular weight is 372 g/mol. The van der Waals surface area contributed by atoms with E-state index in [0.717, 1.165) is 31.0 Å². The molecule has 0 aliphatic carbocycles. The van der Waals surface area contributed by atoms with Crippen molar-refractivity contribution in [1.29, 1.82) is 0 Å². The average Bonchev–Trinajstić information content (AvgIpc) is 3.17. The Morgan fingerprint density at radius 2 is 2.04 bits per heavy atom. The minimum absolute atomic E-state index is 0.0342. The van der Waals surface area contributed by atoms with Crippen LogP contribution in [0.15, 0.2) is 48.7 Å². The highest BCUT2D eigenvalue weighted by Gasteiger charge is 2.13. The number of fused-ring (bicyclic) bond motifs is 3. The summed E-state index contributed by atoms with van der Waals surface area (Å²) in [5, 5.41) is 10.9. The molecule has 1 aromatic carbocycles. The molecule has 1 amide bonds. The van der Waals surface area contributed by atoms with Crippen LogP contribution in [0.25, 0.3) is 21.8 Å². The number of nitrogens with one attached hydrogen (secondary N) is 1. The second-order valence-electron chi connectivity index (χ2n) is 5.71. The van der Waals surface area contributed by atoms with Gasteiger partial charge in [0.15, 0.2) is 0 Å². The highest BCUT2D eigenvalue weighted by Crippen LogP contribution is 2.31. The maximum Gasteiger partial charge on any atom is 0.249 e. The number of amides is 1. The maximum atomic E-state index is 11.4. The van der Waals surface area contributed by atoms with E-state index in [1.807, 2.05) is 30.3 Å². The van der Waals surface area contributed by atoms with E-state index in [1.165, 1.54) is 0 Å². The molecule has 4 rings (SSSR count). The van der Waals surface area contributed by atoms with Gasteiger partial charge in [0.2, 0.25) is 5.91 Å². The number of para-hydroxylation sites is 1. The van der Waals surface area contributed by atoms with E-state index in [0.29, 0.717) is 12.2 Å². The number of hydrogen-bond donors (Lipinski definition) is 2. The van der Waals surface area contributed by atoms with Crippen LogP contribution in [0.1, 0.15) is 10.6 Å². The molecular weight excluding hydrogens is 358 g/mol. The summed E-state index contributed by atoms with van der Waals surface area (Å²) < 4.78 is 2.97. The highest BCUT2D eigenvalue weighted by molar-refractivity contribution is 7.16. The van der Waals surface area contributed by atoms with Gasteiger partial charge in [-0.15, -0.1) is 11.3 Å². The smallest absolute Gasteiger partial charge is 0.249 e. The minimum Gasteiger partial charge on any atom is -0.334 e. The third-order valence-corrected chi connectivity index (χ3v) is 5.34. The number of carbonyl (C=O) groups is 1. The fourth-order valence-electron chi connectivity index (χ4n) is 3.05. The molecule has 3 heterocycles. The van der Waals surface area contributed by atoms with Crippen LogP contribution in [0.2, 0.25) is 4.34 Å². The van der Waals surface area contributed by atoms with Gasteiger partial charge in [0.05, 0.1) is 34.7 Å². The SMILES string of the molecule is O=C(Cc1cc2c3ccccc3n(Cc3ccc(Cl)s3)c2cn1)NO. The molecule has 3 aromatic heterocycles. The number of thiophene rings is 1. The monoisotopic (exact) mass is 371 g/mol. The summed E-state index contributed by atoms with van der Waals surface area (Å²) in [5.41, 5.74) is 4.36. The Kier molecular flexibility index (Phi) is 4.17. The van der Waals surface area contributed by atoms with Crippen molar-refractivity contribution in [3.8, 4) is 0 Å². The van der Waals surface area contributed by atoms with E-state index in [-0.39, 0.29) is 6.42 Å². The predicted octanol–water partition coefficient (Wildman–Crippen LogP) is 4.00. The predicted molar refractivity (Wildman–Crippen MR) is 99.3 cm³/mol. The third-order valence-electron chi connectivity index (χ3n) is 4.12. The summed E-state index contributed by atoms with van der Waals surface area (Å²) in [4.78, 5) is 17.0. The van der Waals surface area contributed by atoms with Gasteiger partial charge in [-0.05, 0) is 24.3 Å². The number of pyridine rings is 1. The molecule has 0 aliphatic heterocycles. The van der Waals surface area contributed by atoms with Crippen LogP contribution in [0.4, 0.5) is 0 Å². The van der Waals surface area contributed by atoms with E-state index in [1.54, 1.807) is 23.0 Å². The summed E-state index contributed by atoms with van der Waals surface area (Å²) in [6.45, 7) is 0.708. The largest absolute Gasteiger partial charge is 0.334 e. The van der Waals surface area contributed by atoms with Crippen LogP contribution in [0.5, 0.6) is 0 Å². The number of hydroxylamine groups is 1. The van der Waals surface area contributed by atoms with Crippen molar-refractivity contribution in [3.63, 3.8) is 0 Å². The Hall–Kier alpha value is -2.41. The number of rotatable bonds is 4. The summed E-state index contributed by atoms with van der Waals surface area (Å²) in [6, 6.07) is 14.0. The van der Waals surface area contributed by atoms with Crippen molar-refractivity contribution in [1.82, 2.24) is 15.0 Å². The van der Waals surface area contributed by atoms with Crippen molar-refractivity contribution in [2.45, 2.75) is 13.0 Å². The van der Waals surface area contributed by atoms with Gasteiger partial charge in [-0.2, -0.15) is 0 Å². The fourth-order valence-corrected chi connectivity index (χ4v) is 4.13. The molecule has 126 valence electrons. The molecular formula is C18H14ClN3O2S. The minimum atomic E-state index is -0.483. The number of aromatic nitrogens is 2. The van der Waals surface area contributed by atoms with Crippen molar-refractivity contribution < 1.29 is 10.0 Å². The zero-order valence-electron chi connectivity index (χ0n) is 13.1. The van der Waals surface area contributed by atoms with Crippen LogP contribution in [0, 0.1) is 0 Å². The lowest BCUT2D eigenvalue weighted by atomic mass is 10.1. The molecule has 0 unspecified atom stereocenters. The Morgan fingerprint density at radius 3 is 2.80 bits per heavy atom. The van der Waals surface area contributed by atoms with Gasteiger partial charge in [0.25, 0.3) is 0 Å². The lowest BCUT2D eigenvalue weighted by molar-refractivity contribution is -0.128. The Balaban J connectivity index is 1.87. The van der Waals surface area contributed by atoms with E-state index in [9.17, 15) is 4.79 Å². The molecule has 0 radical (unpaired) electrons. The maximum absolute atomic E-state index is 11.4. The molecule has 0 bridgehead atoms. The summed E-state index contributed by atoms with van der Waals surface area (Å²) in [7, 11) is 0. The lowest BCUT2D eigenvalue weighted by Crippen LogP contribution is -2.21. The first-order valence-corrected chi connectivity index (χ1v) is 8.88. The number of carbonyl (C=O) groups excluding carboxylic acids is 1. The van der Waals surface area contributed by atoms with Crippen LogP contribution >= 0.6 is 22.9 Å². The van der Waals surface area contributed by atoms with Gasteiger partial charge in [0, 0.05) is 21.2 Å². The normalized spacial score (nSPS) is 11.3.